The molecule has 2 saturated heterocycles. The zero-order valence-electron chi connectivity index (χ0n) is 18.3. The van der Waals surface area contributed by atoms with E-state index in [-0.39, 0.29) is 59.5 Å². The molecule has 0 spiro atoms. The van der Waals surface area contributed by atoms with Crippen LogP contribution in [0.1, 0.15) is 32.6 Å². The molecule has 0 aromatic carbocycles. The van der Waals surface area contributed by atoms with E-state index in [9.17, 15) is 9.59 Å². The van der Waals surface area contributed by atoms with Gasteiger partial charge in [0.05, 0.1) is 17.9 Å². The summed E-state index contributed by atoms with van der Waals surface area (Å²) in [6, 6.07) is 0. The predicted molar refractivity (Wildman–Crippen MR) is 128 cm³/mol. The predicted octanol–water partition coefficient (Wildman–Crippen LogP) is 1.55. The Balaban J connectivity index is 0.00000272. The molecule has 174 valence electrons. The average Bonchev–Trinajstić information content (AvgIpc) is 3.44. The number of halogens is 1. The lowest BCUT2D eigenvalue weighted by Gasteiger charge is -2.22. The second-order valence-electron chi connectivity index (χ2n) is 8.55. The molecule has 3 fully saturated rings. The molecule has 0 radical (unpaired) electrons. The lowest BCUT2D eigenvalue weighted by Crippen LogP contribution is -2.43. The number of nitrogens with zero attached hydrogens (tertiary/aromatic N) is 2. The normalized spacial score (nSPS) is 30.0. The fourth-order valence-corrected chi connectivity index (χ4v) is 5.16. The largest absolute Gasteiger partial charge is 0.381 e. The summed E-state index contributed by atoms with van der Waals surface area (Å²) in [6.07, 6.45) is 8.34. The van der Waals surface area contributed by atoms with Gasteiger partial charge in [0.25, 0.3) is 0 Å². The van der Waals surface area contributed by atoms with Crippen LogP contribution in [-0.2, 0) is 19.1 Å². The molecular formula is C22H35IN4O4. The molecule has 2 aliphatic carbocycles. The Morgan fingerprint density at radius 1 is 1.16 bits per heavy atom. The van der Waals surface area contributed by atoms with Crippen LogP contribution in [0.25, 0.3) is 0 Å². The van der Waals surface area contributed by atoms with Gasteiger partial charge in [-0.05, 0) is 44.4 Å². The number of allylic oxidation sites excluding steroid dienone is 2. The Bertz CT molecular complexity index is 665. The molecule has 2 bridgehead atoms. The van der Waals surface area contributed by atoms with E-state index in [4.69, 9.17) is 9.47 Å². The summed E-state index contributed by atoms with van der Waals surface area (Å²) in [5.41, 5.74) is 0. The molecule has 2 amide bonds. The lowest BCUT2D eigenvalue weighted by atomic mass is 9.85. The summed E-state index contributed by atoms with van der Waals surface area (Å²) < 4.78 is 11.2. The number of hydrogen-bond donors (Lipinski definition) is 2. The lowest BCUT2D eigenvalue weighted by molar-refractivity contribution is -0.140. The summed E-state index contributed by atoms with van der Waals surface area (Å²) in [4.78, 5) is 31.5. The van der Waals surface area contributed by atoms with E-state index in [1.165, 1.54) is 4.90 Å². The maximum atomic E-state index is 12.7. The van der Waals surface area contributed by atoms with Crippen molar-refractivity contribution in [3.05, 3.63) is 12.2 Å². The van der Waals surface area contributed by atoms with E-state index in [1.807, 2.05) is 6.92 Å². The van der Waals surface area contributed by atoms with Gasteiger partial charge in [-0.3, -0.25) is 19.5 Å². The summed E-state index contributed by atoms with van der Waals surface area (Å²) in [5, 5.41) is 6.47. The smallest absolute Gasteiger partial charge is 0.233 e. The summed E-state index contributed by atoms with van der Waals surface area (Å²) in [6.45, 7) is 6.61. The van der Waals surface area contributed by atoms with Gasteiger partial charge in [-0.15, -0.1) is 24.0 Å². The minimum atomic E-state index is -0.120. The number of carbonyl (C=O) groups is 2. The highest BCUT2D eigenvalue weighted by Gasteiger charge is 2.58. The third kappa shape index (κ3) is 5.60. The number of amides is 2. The Hall–Kier alpha value is -1.20. The first-order chi connectivity index (χ1) is 14.7. The van der Waals surface area contributed by atoms with Gasteiger partial charge < -0.3 is 20.1 Å². The van der Waals surface area contributed by atoms with Crippen molar-refractivity contribution in [3.8, 4) is 0 Å². The second kappa shape index (κ2) is 11.6. The minimum Gasteiger partial charge on any atom is -0.381 e. The van der Waals surface area contributed by atoms with Crippen molar-refractivity contribution in [1.29, 1.82) is 0 Å². The van der Waals surface area contributed by atoms with E-state index in [1.54, 1.807) is 0 Å². The van der Waals surface area contributed by atoms with Crippen molar-refractivity contribution in [2.45, 2.75) is 38.7 Å². The van der Waals surface area contributed by atoms with Crippen LogP contribution in [0, 0.1) is 23.7 Å². The first kappa shape index (κ1) is 24.4. The number of ether oxygens (including phenoxy) is 2. The fourth-order valence-electron chi connectivity index (χ4n) is 5.16. The Morgan fingerprint density at radius 3 is 2.48 bits per heavy atom. The minimum absolute atomic E-state index is 0. The van der Waals surface area contributed by atoms with Crippen LogP contribution in [0.4, 0.5) is 0 Å². The molecule has 0 aromatic rings. The number of hydrogen-bond acceptors (Lipinski definition) is 5. The Morgan fingerprint density at radius 2 is 1.84 bits per heavy atom. The van der Waals surface area contributed by atoms with Gasteiger partial charge in [0.15, 0.2) is 5.96 Å². The van der Waals surface area contributed by atoms with Crippen LogP contribution >= 0.6 is 24.0 Å². The second-order valence-corrected chi connectivity index (χ2v) is 8.55. The zero-order valence-corrected chi connectivity index (χ0v) is 20.6. The first-order valence-corrected chi connectivity index (χ1v) is 11.4. The van der Waals surface area contributed by atoms with E-state index in [2.05, 4.69) is 27.8 Å². The quantitative estimate of drug-likeness (QED) is 0.114. The van der Waals surface area contributed by atoms with Gasteiger partial charge in [0.2, 0.25) is 11.8 Å². The van der Waals surface area contributed by atoms with E-state index in [0.29, 0.717) is 38.3 Å². The fraction of sp³-hybridized carbons (Fsp3) is 0.773. The molecule has 2 aliphatic heterocycles. The number of imide groups is 1. The maximum Gasteiger partial charge on any atom is 0.233 e. The van der Waals surface area contributed by atoms with Crippen LogP contribution in [0.3, 0.4) is 0 Å². The molecule has 31 heavy (non-hydrogen) atoms. The monoisotopic (exact) mass is 546 g/mol. The van der Waals surface area contributed by atoms with Gasteiger partial charge in [0, 0.05) is 46.0 Å². The van der Waals surface area contributed by atoms with Crippen molar-refractivity contribution >= 4 is 41.8 Å². The van der Waals surface area contributed by atoms with Crippen LogP contribution in [0.5, 0.6) is 0 Å². The number of aliphatic imine (C=N–C) groups is 1. The number of fused-ring (bicyclic) bond motifs is 5. The van der Waals surface area contributed by atoms with Gasteiger partial charge in [-0.2, -0.15) is 0 Å². The number of rotatable bonds is 9. The maximum absolute atomic E-state index is 12.7. The number of likely N-dealkylation sites (tertiary alicyclic amines) is 1. The van der Waals surface area contributed by atoms with E-state index in [0.717, 1.165) is 45.4 Å². The third-order valence-corrected chi connectivity index (χ3v) is 6.63. The molecule has 1 saturated carbocycles. The number of carbonyl (C=O) groups excluding carboxylic acids is 2. The van der Waals surface area contributed by atoms with Crippen molar-refractivity contribution in [1.82, 2.24) is 15.5 Å². The van der Waals surface area contributed by atoms with Gasteiger partial charge in [-0.25, -0.2) is 0 Å². The molecule has 0 aromatic heterocycles. The van der Waals surface area contributed by atoms with Crippen molar-refractivity contribution in [2.24, 2.45) is 28.7 Å². The third-order valence-electron chi connectivity index (χ3n) is 6.63. The highest BCUT2D eigenvalue weighted by atomic mass is 127. The van der Waals surface area contributed by atoms with Crippen molar-refractivity contribution < 1.29 is 19.1 Å². The summed E-state index contributed by atoms with van der Waals surface area (Å²) in [7, 11) is 0. The van der Waals surface area contributed by atoms with Crippen molar-refractivity contribution in [3.63, 3.8) is 0 Å². The topological polar surface area (TPSA) is 92.3 Å². The molecule has 2 N–H and O–H groups in total. The molecule has 4 aliphatic rings. The average molecular weight is 546 g/mol. The summed E-state index contributed by atoms with van der Waals surface area (Å²) >= 11 is 0. The van der Waals surface area contributed by atoms with Crippen LogP contribution in [0.15, 0.2) is 17.1 Å². The van der Waals surface area contributed by atoms with Crippen LogP contribution in [-0.4, -0.2) is 74.8 Å². The first-order valence-electron chi connectivity index (χ1n) is 11.4. The zero-order chi connectivity index (χ0) is 20.9. The molecule has 4 unspecified atom stereocenters. The number of nitrogens with one attached hydrogen (secondary N) is 2. The van der Waals surface area contributed by atoms with Crippen LogP contribution < -0.4 is 10.6 Å². The van der Waals surface area contributed by atoms with E-state index >= 15 is 0 Å². The highest BCUT2D eigenvalue weighted by molar-refractivity contribution is 14.0. The molecule has 9 heteroatoms. The van der Waals surface area contributed by atoms with E-state index < -0.39 is 0 Å². The molecule has 4 atom stereocenters. The highest BCUT2D eigenvalue weighted by Crippen LogP contribution is 2.52. The van der Waals surface area contributed by atoms with Gasteiger partial charge in [-0.1, -0.05) is 12.2 Å². The summed E-state index contributed by atoms with van der Waals surface area (Å²) in [5.74, 6) is 1.01. The molecular weight excluding hydrogens is 511 g/mol. The van der Waals surface area contributed by atoms with Gasteiger partial charge in [0.1, 0.15) is 0 Å². The molecule has 8 nitrogen and oxygen atoms in total. The number of guanidine groups is 1. The standard InChI is InChI=1S/C22H34N4O4.HI/c1-2-23-22(24-8-3-11-30-17-6-12-29-13-7-17)25-9-10-26-20(27)18-15-4-5-16(14-15)19(18)21(26)28;/h4-5,15-19H,2-3,6-14H2,1H3,(H2,23,24,25);1H. The molecule has 2 heterocycles. The van der Waals surface area contributed by atoms with Gasteiger partial charge >= 0.3 is 0 Å². The Labute approximate surface area is 201 Å². The van der Waals surface area contributed by atoms with Crippen LogP contribution in [0.2, 0.25) is 0 Å². The molecule has 4 rings (SSSR count). The Kier molecular flexibility index (Phi) is 9.15. The van der Waals surface area contributed by atoms with Crippen molar-refractivity contribution in [2.75, 3.05) is 46.0 Å². The SMILES string of the molecule is CCNC(=NCCCOC1CCOCC1)NCCN1C(=O)C2C3C=CC(C3)C2C1=O.I.